The lowest BCUT2D eigenvalue weighted by Crippen LogP contribution is -2.27. The van der Waals surface area contributed by atoms with Crippen LogP contribution < -0.4 is 0 Å². The summed E-state index contributed by atoms with van der Waals surface area (Å²) >= 11 is 0. The first-order valence-corrected chi connectivity index (χ1v) is 11.8. The second-order valence-corrected chi connectivity index (χ2v) is 7.94. The normalized spacial score (nSPS) is 11.5. The van der Waals surface area contributed by atoms with Crippen molar-refractivity contribution in [1.29, 1.82) is 0 Å². The Morgan fingerprint density at radius 1 is 0.457 bits per heavy atom. The molecule has 0 aliphatic rings. The third-order valence-electron chi connectivity index (χ3n) is 3.69. The molecule has 0 aliphatic carbocycles. The van der Waals surface area contributed by atoms with Gasteiger partial charge in [-0.3, -0.25) is 0 Å². The minimum atomic E-state index is -0.510. The molecular formula is C23H44O12. The highest BCUT2D eigenvalue weighted by atomic mass is 16.6. The molecule has 0 unspecified atom stereocenters. The van der Waals surface area contributed by atoms with Crippen LogP contribution in [0.1, 0.15) is 20.8 Å². The zero-order valence-corrected chi connectivity index (χ0v) is 21.7. The molecule has 0 radical (unpaired) electrons. The summed E-state index contributed by atoms with van der Waals surface area (Å²) in [4.78, 5) is 22.3. The zero-order valence-electron chi connectivity index (χ0n) is 21.7. The first-order chi connectivity index (χ1) is 16.8. The molecule has 208 valence electrons. The van der Waals surface area contributed by atoms with Crippen LogP contribution in [0.25, 0.3) is 0 Å². The maximum Gasteiger partial charge on any atom is 0.332 e. The number of carbonyl (C=O) groups excluding carboxylic acids is 2. The Kier molecular flexibility index (Phi) is 23.4. The highest BCUT2D eigenvalue weighted by Gasteiger charge is 2.15. The molecule has 12 nitrogen and oxygen atoms in total. The lowest BCUT2D eigenvalue weighted by Gasteiger charge is -2.19. The maximum absolute atomic E-state index is 11.4. The first kappa shape index (κ1) is 33.6. The van der Waals surface area contributed by atoms with Crippen molar-refractivity contribution in [2.75, 3.05) is 113 Å². The van der Waals surface area contributed by atoms with E-state index in [-0.39, 0.29) is 19.2 Å². The van der Waals surface area contributed by atoms with Gasteiger partial charge in [0.25, 0.3) is 0 Å². The van der Waals surface area contributed by atoms with Gasteiger partial charge >= 0.3 is 11.9 Å². The molecule has 0 aromatic heterocycles. The van der Waals surface area contributed by atoms with E-state index in [9.17, 15) is 9.59 Å². The summed E-state index contributed by atoms with van der Waals surface area (Å²) < 4.78 is 52.0. The molecule has 0 bridgehead atoms. The van der Waals surface area contributed by atoms with Gasteiger partial charge in [-0.25, -0.2) is 9.59 Å². The van der Waals surface area contributed by atoms with Crippen LogP contribution in [0.2, 0.25) is 0 Å². The lowest BCUT2D eigenvalue weighted by molar-refractivity contribution is -0.160. The van der Waals surface area contributed by atoms with Gasteiger partial charge in [-0.15, -0.1) is 0 Å². The number of hydrogen-bond acceptors (Lipinski definition) is 12. The number of rotatable bonds is 25. The van der Waals surface area contributed by atoms with Crippen LogP contribution in [0.5, 0.6) is 0 Å². The topological polar surface area (TPSA) is 126 Å². The number of ether oxygens (including phenoxy) is 10. The van der Waals surface area contributed by atoms with Crippen molar-refractivity contribution in [2.45, 2.75) is 26.4 Å². The van der Waals surface area contributed by atoms with E-state index in [2.05, 4.69) is 4.74 Å². The number of methoxy groups -OCH3 is 1. The molecule has 0 aromatic rings. The van der Waals surface area contributed by atoms with Gasteiger partial charge in [0.05, 0.1) is 99.6 Å². The molecule has 12 heteroatoms. The third kappa shape index (κ3) is 28.7. The van der Waals surface area contributed by atoms with Crippen LogP contribution in [-0.2, 0) is 57.0 Å². The molecule has 0 spiro atoms. The summed E-state index contributed by atoms with van der Waals surface area (Å²) in [5.41, 5.74) is -0.510. The molecule has 0 heterocycles. The summed E-state index contributed by atoms with van der Waals surface area (Å²) in [6.07, 6.45) is 0. The van der Waals surface area contributed by atoms with Crippen LogP contribution in [0.4, 0.5) is 0 Å². The highest BCUT2D eigenvalue weighted by molar-refractivity contribution is 5.71. The minimum absolute atomic E-state index is 0.0729. The van der Waals surface area contributed by atoms with Gasteiger partial charge in [0.1, 0.15) is 18.8 Å². The van der Waals surface area contributed by atoms with Gasteiger partial charge in [-0.1, -0.05) is 0 Å². The van der Waals surface area contributed by atoms with E-state index in [0.717, 1.165) is 0 Å². The summed E-state index contributed by atoms with van der Waals surface area (Å²) in [5.74, 6) is -0.801. The second-order valence-electron chi connectivity index (χ2n) is 7.94. The predicted octanol–water partition coefficient (Wildman–Crippen LogP) is 0.634. The van der Waals surface area contributed by atoms with E-state index in [0.29, 0.717) is 92.5 Å². The summed E-state index contributed by atoms with van der Waals surface area (Å²) in [5, 5.41) is 0. The molecule has 0 aromatic carbocycles. The Bertz CT molecular complexity index is 495. The average molecular weight is 513 g/mol. The van der Waals surface area contributed by atoms with Gasteiger partial charge in [0, 0.05) is 0 Å². The van der Waals surface area contributed by atoms with Crippen molar-refractivity contribution in [3.63, 3.8) is 0 Å². The van der Waals surface area contributed by atoms with Crippen molar-refractivity contribution in [1.82, 2.24) is 0 Å². The van der Waals surface area contributed by atoms with Crippen LogP contribution in [0, 0.1) is 0 Å². The second kappa shape index (κ2) is 24.3. The van der Waals surface area contributed by atoms with Gasteiger partial charge in [0.15, 0.2) is 0 Å². The van der Waals surface area contributed by atoms with Gasteiger partial charge in [-0.05, 0) is 20.8 Å². The van der Waals surface area contributed by atoms with Crippen molar-refractivity contribution < 1.29 is 57.0 Å². The molecular weight excluding hydrogens is 468 g/mol. The van der Waals surface area contributed by atoms with E-state index >= 15 is 0 Å². The molecule has 0 saturated carbocycles. The van der Waals surface area contributed by atoms with Crippen LogP contribution in [0.3, 0.4) is 0 Å². The predicted molar refractivity (Wildman–Crippen MR) is 124 cm³/mol. The fraction of sp³-hybridized carbons (Fsp3) is 0.913. The molecule has 0 fully saturated rings. The molecule has 0 atom stereocenters. The van der Waals surface area contributed by atoms with Gasteiger partial charge in [0.2, 0.25) is 0 Å². The Labute approximate surface area is 208 Å². The molecule has 35 heavy (non-hydrogen) atoms. The van der Waals surface area contributed by atoms with E-state index in [4.69, 9.17) is 42.6 Å². The largest absolute Gasteiger partial charge is 0.467 e. The quantitative estimate of drug-likeness (QED) is 0.126. The standard InChI is InChI=1S/C23H44O12/c1-23(2,3)35-22(25)20-34-18-16-32-14-12-30-10-8-28-6-5-27-7-9-29-11-13-31-15-17-33-19-21(24)26-4/h5-20H2,1-4H3. The average Bonchev–Trinajstić information content (AvgIpc) is 2.80. The zero-order chi connectivity index (χ0) is 26.0. The van der Waals surface area contributed by atoms with E-state index in [1.807, 2.05) is 20.8 Å². The summed E-state index contributed by atoms with van der Waals surface area (Å²) in [6.45, 7) is 11.3. The van der Waals surface area contributed by atoms with Gasteiger partial charge < -0.3 is 47.4 Å². The number of hydrogen-bond donors (Lipinski definition) is 0. The monoisotopic (exact) mass is 512 g/mol. The first-order valence-electron chi connectivity index (χ1n) is 11.8. The lowest BCUT2D eigenvalue weighted by atomic mass is 10.2. The molecule has 0 saturated heterocycles. The maximum atomic E-state index is 11.4. The fourth-order valence-electron chi connectivity index (χ4n) is 2.18. The fourth-order valence-corrected chi connectivity index (χ4v) is 2.18. The number of carbonyl (C=O) groups is 2. The molecule has 0 N–H and O–H groups in total. The van der Waals surface area contributed by atoms with E-state index < -0.39 is 11.6 Å². The van der Waals surface area contributed by atoms with Crippen LogP contribution in [-0.4, -0.2) is 130 Å². The van der Waals surface area contributed by atoms with Gasteiger partial charge in [-0.2, -0.15) is 0 Å². The van der Waals surface area contributed by atoms with Crippen molar-refractivity contribution >= 4 is 11.9 Å². The molecule has 0 aliphatic heterocycles. The Hall–Kier alpha value is -1.38. The molecule has 0 rings (SSSR count). The SMILES string of the molecule is COC(=O)COCCOCCOCCOCCOCCOCCOCCOCC(=O)OC(C)(C)C. The number of esters is 2. The van der Waals surface area contributed by atoms with Crippen LogP contribution >= 0.6 is 0 Å². The Morgan fingerprint density at radius 3 is 0.971 bits per heavy atom. The van der Waals surface area contributed by atoms with E-state index in [1.165, 1.54) is 7.11 Å². The minimum Gasteiger partial charge on any atom is -0.467 e. The molecule has 0 amide bonds. The Balaban J connectivity index is 3.12. The van der Waals surface area contributed by atoms with Crippen molar-refractivity contribution in [3.8, 4) is 0 Å². The van der Waals surface area contributed by atoms with Crippen LogP contribution in [0.15, 0.2) is 0 Å². The third-order valence-corrected chi connectivity index (χ3v) is 3.69. The van der Waals surface area contributed by atoms with Crippen molar-refractivity contribution in [2.24, 2.45) is 0 Å². The van der Waals surface area contributed by atoms with Crippen molar-refractivity contribution in [3.05, 3.63) is 0 Å². The smallest absolute Gasteiger partial charge is 0.332 e. The summed E-state index contributed by atoms with van der Waals surface area (Å²) in [6, 6.07) is 0. The highest BCUT2D eigenvalue weighted by Crippen LogP contribution is 2.06. The Morgan fingerprint density at radius 2 is 0.714 bits per heavy atom. The summed E-state index contributed by atoms with van der Waals surface area (Å²) in [7, 11) is 1.31. The van der Waals surface area contributed by atoms with E-state index in [1.54, 1.807) is 0 Å².